The van der Waals surface area contributed by atoms with E-state index in [1.807, 2.05) is 11.4 Å². The molecule has 20 heavy (non-hydrogen) atoms. The summed E-state index contributed by atoms with van der Waals surface area (Å²) in [6.07, 6.45) is 0. The quantitative estimate of drug-likeness (QED) is 0.730. The molecule has 108 valence electrons. The number of sulfonamides is 1. The average molecular weight is 415 g/mol. The predicted molar refractivity (Wildman–Crippen MR) is 87.1 cm³/mol. The van der Waals surface area contributed by atoms with Crippen LogP contribution in [-0.2, 0) is 16.6 Å². The lowest BCUT2D eigenvalue weighted by molar-refractivity contribution is 0.469. The summed E-state index contributed by atoms with van der Waals surface area (Å²) in [4.78, 5) is 1.08. The third kappa shape index (κ3) is 3.55. The van der Waals surface area contributed by atoms with Gasteiger partial charge in [-0.05, 0) is 40.2 Å². The number of thiophene rings is 1. The van der Waals surface area contributed by atoms with Gasteiger partial charge in [-0.2, -0.15) is 4.31 Å². The normalized spacial score (nSPS) is 12.1. The summed E-state index contributed by atoms with van der Waals surface area (Å²) in [5.74, 6) is 0. The van der Waals surface area contributed by atoms with Gasteiger partial charge in [-0.25, -0.2) is 8.42 Å². The van der Waals surface area contributed by atoms with Gasteiger partial charge in [-0.3, -0.25) is 0 Å². The van der Waals surface area contributed by atoms with Gasteiger partial charge in [0.25, 0.3) is 0 Å². The molecule has 0 aliphatic heterocycles. The van der Waals surface area contributed by atoms with E-state index in [0.717, 1.165) is 9.35 Å². The monoisotopic (exact) mass is 413 g/mol. The zero-order valence-electron chi connectivity index (χ0n) is 10.3. The summed E-state index contributed by atoms with van der Waals surface area (Å²) in [5.41, 5.74) is 0. The summed E-state index contributed by atoms with van der Waals surface area (Å²) in [7, 11) is -2.05. The largest absolute Gasteiger partial charge is 0.243 e. The van der Waals surface area contributed by atoms with E-state index < -0.39 is 10.0 Å². The van der Waals surface area contributed by atoms with Gasteiger partial charge >= 0.3 is 0 Å². The number of hydrogen-bond donors (Lipinski definition) is 0. The van der Waals surface area contributed by atoms with Crippen LogP contribution in [-0.4, -0.2) is 19.8 Å². The molecule has 0 radical (unpaired) electrons. The van der Waals surface area contributed by atoms with E-state index in [0.29, 0.717) is 11.6 Å². The number of halogens is 3. The molecule has 1 aromatic carbocycles. The van der Waals surface area contributed by atoms with Crippen LogP contribution in [0.2, 0.25) is 10.0 Å². The molecule has 2 rings (SSSR count). The first-order chi connectivity index (χ1) is 9.30. The van der Waals surface area contributed by atoms with Gasteiger partial charge in [0.2, 0.25) is 10.0 Å². The Labute approximate surface area is 140 Å². The summed E-state index contributed by atoms with van der Waals surface area (Å²) >= 11 is 16.5. The fourth-order valence-electron chi connectivity index (χ4n) is 1.56. The Morgan fingerprint density at radius 1 is 1.25 bits per heavy atom. The second kappa shape index (κ2) is 6.34. The van der Waals surface area contributed by atoms with Crippen LogP contribution in [0.25, 0.3) is 0 Å². The maximum absolute atomic E-state index is 12.4. The summed E-state index contributed by atoms with van der Waals surface area (Å²) in [5, 5.41) is 2.46. The highest BCUT2D eigenvalue weighted by atomic mass is 79.9. The van der Waals surface area contributed by atoms with Crippen molar-refractivity contribution in [2.75, 3.05) is 7.05 Å². The van der Waals surface area contributed by atoms with Crippen molar-refractivity contribution >= 4 is 60.5 Å². The number of hydrogen-bond acceptors (Lipinski definition) is 3. The van der Waals surface area contributed by atoms with Gasteiger partial charge in [0.05, 0.1) is 14.9 Å². The molecule has 0 saturated heterocycles. The Kier molecular flexibility index (Phi) is 5.15. The highest BCUT2D eigenvalue weighted by Gasteiger charge is 2.22. The maximum atomic E-state index is 12.4. The molecule has 0 fully saturated rings. The van der Waals surface area contributed by atoms with Crippen molar-refractivity contribution in [2.45, 2.75) is 11.4 Å². The SMILES string of the molecule is CN(Cc1cc(Br)cs1)S(=O)(=O)c1ccc(Cl)c(Cl)c1. The highest BCUT2D eigenvalue weighted by Crippen LogP contribution is 2.27. The lowest BCUT2D eigenvalue weighted by atomic mass is 10.4. The molecule has 0 amide bonds. The Morgan fingerprint density at radius 3 is 2.50 bits per heavy atom. The Bertz CT molecular complexity index is 731. The molecule has 1 aromatic heterocycles. The Hall–Kier alpha value is -0.110. The van der Waals surface area contributed by atoms with Crippen LogP contribution in [0, 0.1) is 0 Å². The van der Waals surface area contributed by atoms with Gasteiger partial charge in [0, 0.05) is 28.3 Å². The third-order valence-corrected chi connectivity index (χ3v) is 6.82. The molecule has 2 aromatic rings. The molecule has 0 aliphatic rings. The van der Waals surface area contributed by atoms with E-state index in [4.69, 9.17) is 23.2 Å². The third-order valence-electron chi connectivity index (χ3n) is 2.60. The van der Waals surface area contributed by atoms with Crippen LogP contribution in [0.5, 0.6) is 0 Å². The molecule has 0 spiro atoms. The molecular formula is C12H10BrCl2NO2S2. The van der Waals surface area contributed by atoms with Gasteiger partial charge in [-0.1, -0.05) is 23.2 Å². The van der Waals surface area contributed by atoms with E-state index in [1.54, 1.807) is 0 Å². The first-order valence-electron chi connectivity index (χ1n) is 5.45. The molecule has 0 N–H and O–H groups in total. The summed E-state index contributed by atoms with van der Waals surface area (Å²) in [6, 6.07) is 6.18. The van der Waals surface area contributed by atoms with E-state index in [-0.39, 0.29) is 9.92 Å². The standard InChI is InChI=1S/C12H10BrCl2NO2S2/c1-16(6-9-4-8(13)7-19-9)20(17,18)10-2-3-11(14)12(15)5-10/h2-5,7H,6H2,1H3. The molecule has 8 heteroatoms. The van der Waals surface area contributed by atoms with Gasteiger partial charge in [0.1, 0.15) is 0 Å². The van der Waals surface area contributed by atoms with Crippen LogP contribution >= 0.6 is 50.5 Å². The van der Waals surface area contributed by atoms with Crippen LogP contribution in [0.15, 0.2) is 39.0 Å². The first kappa shape index (κ1) is 16.3. The van der Waals surface area contributed by atoms with Crippen molar-refractivity contribution < 1.29 is 8.42 Å². The summed E-state index contributed by atoms with van der Waals surface area (Å²) in [6.45, 7) is 0.304. The first-order valence-corrected chi connectivity index (χ1v) is 9.32. The molecular weight excluding hydrogens is 405 g/mol. The van der Waals surface area contributed by atoms with Crippen LogP contribution < -0.4 is 0 Å². The lowest BCUT2D eigenvalue weighted by Crippen LogP contribution is -2.26. The fraction of sp³-hybridized carbons (Fsp3) is 0.167. The fourth-order valence-corrected chi connectivity index (χ4v) is 4.68. The minimum absolute atomic E-state index is 0.130. The summed E-state index contributed by atoms with van der Waals surface area (Å²) < 4.78 is 27.1. The molecule has 0 saturated carbocycles. The number of benzene rings is 1. The van der Waals surface area contributed by atoms with Crippen molar-refractivity contribution in [3.8, 4) is 0 Å². The minimum Gasteiger partial charge on any atom is -0.207 e. The van der Waals surface area contributed by atoms with Gasteiger partial charge in [0.15, 0.2) is 0 Å². The van der Waals surface area contributed by atoms with Crippen molar-refractivity contribution in [3.05, 3.63) is 49.0 Å². The van der Waals surface area contributed by atoms with Gasteiger partial charge < -0.3 is 0 Å². The van der Waals surface area contributed by atoms with E-state index >= 15 is 0 Å². The maximum Gasteiger partial charge on any atom is 0.243 e. The van der Waals surface area contributed by atoms with Crippen molar-refractivity contribution in [1.82, 2.24) is 4.31 Å². The van der Waals surface area contributed by atoms with Crippen molar-refractivity contribution in [2.24, 2.45) is 0 Å². The zero-order valence-corrected chi connectivity index (χ0v) is 15.0. The second-order valence-corrected chi connectivity index (χ2v) is 8.84. The Balaban J connectivity index is 2.27. The van der Waals surface area contributed by atoms with E-state index in [2.05, 4.69) is 15.9 Å². The minimum atomic E-state index is -3.59. The van der Waals surface area contributed by atoms with E-state index in [1.165, 1.54) is 40.9 Å². The van der Waals surface area contributed by atoms with E-state index in [9.17, 15) is 8.42 Å². The van der Waals surface area contributed by atoms with Crippen LogP contribution in [0.1, 0.15) is 4.88 Å². The van der Waals surface area contributed by atoms with Crippen LogP contribution in [0.4, 0.5) is 0 Å². The number of rotatable bonds is 4. The highest BCUT2D eigenvalue weighted by molar-refractivity contribution is 9.10. The van der Waals surface area contributed by atoms with Crippen LogP contribution in [0.3, 0.4) is 0 Å². The molecule has 0 atom stereocenters. The van der Waals surface area contributed by atoms with Gasteiger partial charge in [-0.15, -0.1) is 11.3 Å². The second-order valence-electron chi connectivity index (χ2n) is 4.07. The molecule has 0 unspecified atom stereocenters. The predicted octanol–water partition coefficient (Wildman–Crippen LogP) is 4.64. The number of nitrogens with zero attached hydrogens (tertiary/aromatic N) is 1. The zero-order chi connectivity index (χ0) is 14.9. The molecule has 0 aliphatic carbocycles. The average Bonchev–Trinajstić information content (AvgIpc) is 2.78. The van der Waals surface area contributed by atoms with Crippen molar-refractivity contribution in [1.29, 1.82) is 0 Å². The smallest absolute Gasteiger partial charge is 0.207 e. The Morgan fingerprint density at radius 2 is 1.95 bits per heavy atom. The molecule has 0 bridgehead atoms. The lowest BCUT2D eigenvalue weighted by Gasteiger charge is -2.16. The van der Waals surface area contributed by atoms with Crippen molar-refractivity contribution in [3.63, 3.8) is 0 Å². The molecule has 3 nitrogen and oxygen atoms in total. The molecule has 1 heterocycles. The topological polar surface area (TPSA) is 37.4 Å².